The minimum atomic E-state index is -0.622. The van der Waals surface area contributed by atoms with Crippen LogP contribution in [-0.2, 0) is 20.7 Å². The van der Waals surface area contributed by atoms with E-state index in [0.29, 0.717) is 41.3 Å². The molecule has 4 N–H and O–H groups in total. The SMILES string of the molecule is COc1cc(Cc2cnc(N)nc2N)cc(C#CC2CC2C(=O)OC(C)=O)c1OC. The van der Waals surface area contributed by atoms with Gasteiger partial charge in [0.05, 0.1) is 25.7 Å². The average Bonchev–Trinajstić information content (AvgIpc) is 3.47. The Kier molecular flexibility index (Phi) is 6.06. The molecule has 2 atom stereocenters. The third-order valence-electron chi connectivity index (χ3n) is 4.58. The van der Waals surface area contributed by atoms with Gasteiger partial charge in [-0.05, 0) is 24.1 Å². The maximum Gasteiger partial charge on any atom is 0.317 e. The van der Waals surface area contributed by atoms with Crippen LogP contribution < -0.4 is 20.9 Å². The number of aromatic nitrogens is 2. The lowest BCUT2D eigenvalue weighted by atomic mass is 10.0. The fourth-order valence-electron chi connectivity index (χ4n) is 3.01. The lowest BCUT2D eigenvalue weighted by molar-refractivity contribution is -0.159. The molecule has 1 aromatic carbocycles. The largest absolute Gasteiger partial charge is 0.493 e. The van der Waals surface area contributed by atoms with Crippen molar-refractivity contribution < 1.29 is 23.8 Å². The van der Waals surface area contributed by atoms with Crippen LogP contribution in [0, 0.1) is 23.7 Å². The summed E-state index contributed by atoms with van der Waals surface area (Å²) in [7, 11) is 3.06. The molecule has 2 unspecified atom stereocenters. The number of nitrogens with zero attached hydrogens (tertiary/aromatic N) is 2. The number of methoxy groups -OCH3 is 2. The first-order valence-electron chi connectivity index (χ1n) is 9.18. The molecule has 0 amide bonds. The molecule has 1 fully saturated rings. The van der Waals surface area contributed by atoms with E-state index in [1.807, 2.05) is 12.1 Å². The second-order valence-electron chi connectivity index (χ2n) is 6.83. The molecule has 0 bridgehead atoms. The van der Waals surface area contributed by atoms with Crippen molar-refractivity contribution in [3.8, 4) is 23.3 Å². The Morgan fingerprint density at radius 3 is 2.63 bits per heavy atom. The van der Waals surface area contributed by atoms with Gasteiger partial charge in [-0.25, -0.2) is 4.98 Å². The molecule has 9 nitrogen and oxygen atoms in total. The summed E-state index contributed by atoms with van der Waals surface area (Å²) in [6.45, 7) is 1.20. The zero-order valence-corrected chi connectivity index (χ0v) is 16.9. The van der Waals surface area contributed by atoms with Crippen LogP contribution in [0.5, 0.6) is 11.5 Å². The predicted octanol–water partition coefficient (Wildman–Crippen LogP) is 1.33. The maximum atomic E-state index is 11.8. The molecule has 1 aliphatic carbocycles. The topological polar surface area (TPSA) is 140 Å². The second-order valence-corrected chi connectivity index (χ2v) is 6.83. The third kappa shape index (κ3) is 4.78. The third-order valence-corrected chi connectivity index (χ3v) is 4.58. The number of hydrogen-bond donors (Lipinski definition) is 2. The molecule has 0 spiro atoms. The molecule has 0 radical (unpaired) electrons. The van der Waals surface area contributed by atoms with Crippen molar-refractivity contribution in [2.75, 3.05) is 25.7 Å². The predicted molar refractivity (Wildman–Crippen MR) is 108 cm³/mol. The number of esters is 2. The Morgan fingerprint density at radius 2 is 2.00 bits per heavy atom. The van der Waals surface area contributed by atoms with Crippen molar-refractivity contribution >= 4 is 23.7 Å². The summed E-state index contributed by atoms with van der Waals surface area (Å²) in [6.07, 6.45) is 2.57. The van der Waals surface area contributed by atoms with Crippen molar-refractivity contribution in [2.45, 2.75) is 19.8 Å². The molecule has 1 saturated carbocycles. The van der Waals surface area contributed by atoms with Crippen molar-refractivity contribution in [3.05, 3.63) is 35.0 Å². The van der Waals surface area contributed by atoms with Gasteiger partial charge in [0.2, 0.25) is 5.95 Å². The lowest BCUT2D eigenvalue weighted by Crippen LogP contribution is -2.11. The Hall–Kier alpha value is -3.80. The van der Waals surface area contributed by atoms with Gasteiger partial charge in [0.15, 0.2) is 11.5 Å². The quantitative estimate of drug-likeness (QED) is 0.424. The number of anilines is 2. The molecule has 0 saturated heterocycles. The van der Waals surface area contributed by atoms with Crippen LogP contribution in [0.1, 0.15) is 30.0 Å². The molecular weight excluding hydrogens is 388 g/mol. The van der Waals surface area contributed by atoms with E-state index in [-0.39, 0.29) is 17.8 Å². The molecule has 2 aromatic rings. The number of carbonyl (C=O) groups excluding carboxylic acids is 2. The zero-order chi connectivity index (χ0) is 21.8. The molecule has 1 aromatic heterocycles. The number of ether oxygens (including phenoxy) is 3. The summed E-state index contributed by atoms with van der Waals surface area (Å²) in [6, 6.07) is 3.68. The van der Waals surface area contributed by atoms with Gasteiger partial charge in [-0.3, -0.25) is 9.59 Å². The van der Waals surface area contributed by atoms with Gasteiger partial charge in [0, 0.05) is 31.0 Å². The lowest BCUT2D eigenvalue weighted by Gasteiger charge is -2.13. The zero-order valence-electron chi connectivity index (χ0n) is 16.9. The fourth-order valence-corrected chi connectivity index (χ4v) is 3.01. The molecule has 9 heteroatoms. The first-order chi connectivity index (χ1) is 14.3. The Balaban J connectivity index is 1.86. The fraction of sp³-hybridized carbons (Fsp3) is 0.333. The van der Waals surface area contributed by atoms with Gasteiger partial charge in [-0.15, -0.1) is 0 Å². The van der Waals surface area contributed by atoms with E-state index in [9.17, 15) is 9.59 Å². The van der Waals surface area contributed by atoms with Crippen molar-refractivity contribution in [2.24, 2.45) is 11.8 Å². The van der Waals surface area contributed by atoms with E-state index in [1.165, 1.54) is 21.1 Å². The number of nitrogens with two attached hydrogens (primary N) is 2. The summed E-state index contributed by atoms with van der Waals surface area (Å²) in [4.78, 5) is 30.7. The van der Waals surface area contributed by atoms with Crippen LogP contribution in [0.15, 0.2) is 18.3 Å². The molecule has 0 aliphatic heterocycles. The van der Waals surface area contributed by atoms with Gasteiger partial charge in [-0.1, -0.05) is 11.8 Å². The van der Waals surface area contributed by atoms with E-state index in [1.54, 1.807) is 6.20 Å². The molecular formula is C21H22N4O5. The Labute approximate surface area is 173 Å². The molecule has 1 heterocycles. The van der Waals surface area contributed by atoms with Crippen LogP contribution >= 0.6 is 0 Å². The van der Waals surface area contributed by atoms with E-state index < -0.39 is 11.9 Å². The van der Waals surface area contributed by atoms with Gasteiger partial charge in [0.1, 0.15) is 5.82 Å². The summed E-state index contributed by atoms with van der Waals surface area (Å²) in [5.74, 6) is 5.80. The van der Waals surface area contributed by atoms with E-state index in [4.69, 9.17) is 20.9 Å². The summed E-state index contributed by atoms with van der Waals surface area (Å²) in [5, 5.41) is 0. The summed E-state index contributed by atoms with van der Waals surface area (Å²) < 4.78 is 15.5. The van der Waals surface area contributed by atoms with Gasteiger partial charge >= 0.3 is 11.9 Å². The molecule has 156 valence electrons. The number of nitrogen functional groups attached to an aromatic ring is 2. The van der Waals surface area contributed by atoms with Crippen LogP contribution in [-0.4, -0.2) is 36.1 Å². The van der Waals surface area contributed by atoms with Crippen molar-refractivity contribution in [1.82, 2.24) is 9.97 Å². The second kappa shape index (κ2) is 8.69. The highest BCUT2D eigenvalue weighted by Gasteiger charge is 2.44. The highest BCUT2D eigenvalue weighted by molar-refractivity contribution is 5.87. The van der Waals surface area contributed by atoms with E-state index in [0.717, 1.165) is 5.56 Å². The van der Waals surface area contributed by atoms with Gasteiger partial charge in [0.25, 0.3) is 0 Å². The Bertz CT molecular complexity index is 1060. The van der Waals surface area contributed by atoms with Crippen LogP contribution in [0.2, 0.25) is 0 Å². The number of benzene rings is 1. The smallest absolute Gasteiger partial charge is 0.317 e. The van der Waals surface area contributed by atoms with Crippen molar-refractivity contribution in [3.63, 3.8) is 0 Å². The summed E-state index contributed by atoms with van der Waals surface area (Å²) >= 11 is 0. The van der Waals surface area contributed by atoms with Gasteiger partial charge < -0.3 is 25.7 Å². The van der Waals surface area contributed by atoms with Crippen LogP contribution in [0.4, 0.5) is 11.8 Å². The van der Waals surface area contributed by atoms with E-state index >= 15 is 0 Å². The monoisotopic (exact) mass is 410 g/mol. The van der Waals surface area contributed by atoms with Gasteiger partial charge in [-0.2, -0.15) is 4.98 Å². The first-order valence-corrected chi connectivity index (χ1v) is 9.18. The standard InChI is InChI=1S/C21H22N4O5/c1-11(26)30-20(27)16-9-13(16)4-5-14-6-12(8-17(28-2)18(14)29-3)7-15-10-24-21(23)25-19(15)22/h6,8,10,13,16H,7,9H2,1-3H3,(H4,22,23,24,25). The first kappa shape index (κ1) is 20.9. The highest BCUT2D eigenvalue weighted by Crippen LogP contribution is 2.39. The molecule has 3 rings (SSSR count). The normalized spacial score (nSPS) is 16.8. The number of carbonyl (C=O) groups is 2. The van der Waals surface area contributed by atoms with Crippen molar-refractivity contribution in [1.29, 1.82) is 0 Å². The highest BCUT2D eigenvalue weighted by atomic mass is 16.6. The maximum absolute atomic E-state index is 11.8. The molecule has 30 heavy (non-hydrogen) atoms. The average molecular weight is 410 g/mol. The number of hydrogen-bond acceptors (Lipinski definition) is 9. The summed E-state index contributed by atoms with van der Waals surface area (Å²) in [5.41, 5.74) is 13.7. The minimum absolute atomic E-state index is 0.109. The number of rotatable bonds is 5. The van der Waals surface area contributed by atoms with Crippen LogP contribution in [0.3, 0.4) is 0 Å². The van der Waals surface area contributed by atoms with E-state index in [2.05, 4.69) is 26.5 Å². The minimum Gasteiger partial charge on any atom is -0.493 e. The Morgan fingerprint density at radius 1 is 1.23 bits per heavy atom. The molecule has 1 aliphatic rings. The van der Waals surface area contributed by atoms with Crippen LogP contribution in [0.25, 0.3) is 0 Å².